The van der Waals surface area contributed by atoms with Crippen molar-refractivity contribution >= 4 is 23.3 Å². The van der Waals surface area contributed by atoms with Crippen molar-refractivity contribution < 1.29 is 19.1 Å². The Labute approximate surface area is 240 Å². The summed E-state index contributed by atoms with van der Waals surface area (Å²) >= 11 is 0. The SMILES string of the molecule is C=CC(=O)N1CCOC(C(=O)Cc2cccc(CNc3nc(OC4CCN(C)CC4)nc4c(C(C)C)cnn34)c2)C1. The minimum Gasteiger partial charge on any atom is -0.460 e. The number of benzene rings is 1. The molecule has 0 radical (unpaired) electrons. The van der Waals surface area contributed by atoms with Crippen molar-refractivity contribution in [2.24, 2.45) is 0 Å². The van der Waals surface area contributed by atoms with Gasteiger partial charge in [0.2, 0.25) is 11.9 Å². The van der Waals surface area contributed by atoms with Gasteiger partial charge < -0.3 is 24.6 Å². The summed E-state index contributed by atoms with van der Waals surface area (Å²) in [6, 6.07) is 8.21. The van der Waals surface area contributed by atoms with Gasteiger partial charge in [0.1, 0.15) is 12.2 Å². The fourth-order valence-electron chi connectivity index (χ4n) is 5.22. The van der Waals surface area contributed by atoms with Gasteiger partial charge in [-0.3, -0.25) is 9.59 Å². The molecular formula is C30H39N7O4. The lowest BCUT2D eigenvalue weighted by Crippen LogP contribution is -2.48. The third kappa shape index (κ3) is 6.91. The van der Waals surface area contributed by atoms with E-state index in [0.717, 1.165) is 48.3 Å². The second-order valence-corrected chi connectivity index (χ2v) is 11.1. The van der Waals surface area contributed by atoms with Crippen LogP contribution in [0.1, 0.15) is 49.3 Å². The number of hydrogen-bond acceptors (Lipinski definition) is 9. The molecule has 11 nitrogen and oxygen atoms in total. The minimum absolute atomic E-state index is 0.0531. The van der Waals surface area contributed by atoms with E-state index in [-0.39, 0.29) is 36.7 Å². The summed E-state index contributed by atoms with van der Waals surface area (Å²) in [7, 11) is 2.12. The van der Waals surface area contributed by atoms with Crippen molar-refractivity contribution in [2.45, 2.75) is 57.8 Å². The smallest absolute Gasteiger partial charge is 0.322 e. The molecule has 2 saturated heterocycles. The van der Waals surface area contributed by atoms with Crippen molar-refractivity contribution in [2.75, 3.05) is 45.2 Å². The molecule has 0 bridgehead atoms. The molecule has 11 heteroatoms. The van der Waals surface area contributed by atoms with E-state index in [1.54, 1.807) is 9.42 Å². The van der Waals surface area contributed by atoms with Crippen LogP contribution in [0.2, 0.25) is 0 Å². The van der Waals surface area contributed by atoms with E-state index in [9.17, 15) is 9.59 Å². The average Bonchev–Trinajstić information content (AvgIpc) is 3.41. The monoisotopic (exact) mass is 561 g/mol. The number of piperidine rings is 1. The van der Waals surface area contributed by atoms with Crippen molar-refractivity contribution in [3.63, 3.8) is 0 Å². The van der Waals surface area contributed by atoms with Crippen LogP contribution in [-0.2, 0) is 27.3 Å². The Balaban J connectivity index is 1.28. The summed E-state index contributed by atoms with van der Waals surface area (Å²) in [6.07, 6.45) is 4.64. The molecule has 3 aromatic rings. The first kappa shape index (κ1) is 28.7. The Morgan fingerprint density at radius 3 is 2.73 bits per heavy atom. The average molecular weight is 562 g/mol. The highest BCUT2D eigenvalue weighted by Gasteiger charge is 2.28. The molecule has 1 amide bonds. The number of carbonyl (C=O) groups is 2. The lowest BCUT2D eigenvalue weighted by atomic mass is 10.0. The van der Waals surface area contributed by atoms with Gasteiger partial charge in [0.25, 0.3) is 0 Å². The molecule has 0 spiro atoms. The zero-order chi connectivity index (χ0) is 28.9. The number of rotatable bonds is 10. The summed E-state index contributed by atoms with van der Waals surface area (Å²) in [5.74, 6) is 0.558. The van der Waals surface area contributed by atoms with Gasteiger partial charge in [-0.1, -0.05) is 44.7 Å². The van der Waals surface area contributed by atoms with E-state index in [1.165, 1.54) is 6.08 Å². The molecule has 0 saturated carbocycles. The molecule has 1 N–H and O–H groups in total. The molecule has 1 aromatic carbocycles. The number of morpholine rings is 1. The van der Waals surface area contributed by atoms with Crippen molar-refractivity contribution in [1.29, 1.82) is 0 Å². The number of carbonyl (C=O) groups excluding carboxylic acids is 2. The lowest BCUT2D eigenvalue weighted by Gasteiger charge is -2.31. The molecule has 4 heterocycles. The van der Waals surface area contributed by atoms with E-state index < -0.39 is 6.10 Å². The number of likely N-dealkylation sites (tertiary alicyclic amines) is 1. The van der Waals surface area contributed by atoms with Gasteiger partial charge in [-0.05, 0) is 43.0 Å². The second kappa shape index (κ2) is 12.8. The molecule has 1 unspecified atom stereocenters. The Morgan fingerprint density at radius 1 is 1.20 bits per heavy atom. The number of nitrogens with zero attached hydrogens (tertiary/aromatic N) is 6. The van der Waals surface area contributed by atoms with Crippen LogP contribution in [0.3, 0.4) is 0 Å². The predicted molar refractivity (Wildman–Crippen MR) is 155 cm³/mol. The highest BCUT2D eigenvalue weighted by atomic mass is 16.5. The molecule has 2 aliphatic heterocycles. The van der Waals surface area contributed by atoms with Gasteiger partial charge in [-0.25, -0.2) is 0 Å². The number of ether oxygens (including phenoxy) is 2. The van der Waals surface area contributed by atoms with Gasteiger partial charge in [0.05, 0.1) is 19.3 Å². The number of hydrogen-bond donors (Lipinski definition) is 1. The Morgan fingerprint density at radius 2 is 1.98 bits per heavy atom. The van der Waals surface area contributed by atoms with Crippen LogP contribution in [0, 0.1) is 0 Å². The predicted octanol–water partition coefficient (Wildman–Crippen LogP) is 2.86. The van der Waals surface area contributed by atoms with Crippen molar-refractivity contribution in [3.8, 4) is 6.01 Å². The first-order valence-electron chi connectivity index (χ1n) is 14.3. The maximum absolute atomic E-state index is 13.0. The van der Waals surface area contributed by atoms with Crippen LogP contribution in [0.5, 0.6) is 6.01 Å². The maximum Gasteiger partial charge on any atom is 0.322 e. The van der Waals surface area contributed by atoms with Gasteiger partial charge in [0.15, 0.2) is 11.4 Å². The van der Waals surface area contributed by atoms with E-state index in [2.05, 4.69) is 42.8 Å². The Hall–Kier alpha value is -3.83. The normalized spacial score (nSPS) is 18.5. The van der Waals surface area contributed by atoms with E-state index in [4.69, 9.17) is 19.4 Å². The Bertz CT molecular complexity index is 1400. The molecule has 1 atom stereocenters. The van der Waals surface area contributed by atoms with Crippen LogP contribution in [0.4, 0.5) is 5.95 Å². The highest BCUT2D eigenvalue weighted by Crippen LogP contribution is 2.24. The van der Waals surface area contributed by atoms with Gasteiger partial charge in [0, 0.05) is 38.2 Å². The molecule has 5 rings (SSSR count). The highest BCUT2D eigenvalue weighted by molar-refractivity contribution is 5.89. The molecule has 2 fully saturated rings. The minimum atomic E-state index is -0.637. The molecule has 2 aromatic heterocycles. The first-order chi connectivity index (χ1) is 19.8. The van der Waals surface area contributed by atoms with Crippen LogP contribution in [0.25, 0.3) is 5.65 Å². The molecular weight excluding hydrogens is 522 g/mol. The molecule has 2 aliphatic rings. The summed E-state index contributed by atoms with van der Waals surface area (Å²) in [6.45, 7) is 11.3. The summed E-state index contributed by atoms with van der Waals surface area (Å²) in [5.41, 5.74) is 3.63. The van der Waals surface area contributed by atoms with Crippen molar-refractivity contribution in [1.82, 2.24) is 29.4 Å². The standard InChI is InChI=1S/C30H39N7O4/c1-5-27(39)36-13-14-40-26(19-36)25(38)16-21-7-6-8-22(15-21)17-31-29-34-30(41-23-9-11-35(4)12-10-23)33-28-24(20(2)3)18-32-37(28)29/h5-8,15,18,20,23,26H,1,9-14,16-17,19H2,2-4H3,(H,31,33,34). The number of Topliss-reactive ketones (excluding diaryl/α,β-unsaturated/α-hetero) is 1. The van der Waals surface area contributed by atoms with E-state index in [1.807, 2.05) is 30.5 Å². The topological polar surface area (TPSA) is 114 Å². The van der Waals surface area contributed by atoms with Crippen LogP contribution < -0.4 is 10.1 Å². The molecule has 0 aliphatic carbocycles. The third-order valence-corrected chi connectivity index (χ3v) is 7.67. The van der Waals surface area contributed by atoms with Crippen LogP contribution in [-0.4, -0.2) is 93.1 Å². The summed E-state index contributed by atoms with van der Waals surface area (Å²) in [5, 5.41) is 7.97. The second-order valence-electron chi connectivity index (χ2n) is 11.1. The molecule has 41 heavy (non-hydrogen) atoms. The lowest BCUT2D eigenvalue weighted by molar-refractivity contribution is -0.142. The fraction of sp³-hybridized carbons (Fsp3) is 0.500. The maximum atomic E-state index is 13.0. The zero-order valence-corrected chi connectivity index (χ0v) is 24.1. The number of amides is 1. The Kier molecular flexibility index (Phi) is 8.94. The largest absolute Gasteiger partial charge is 0.460 e. The number of anilines is 1. The van der Waals surface area contributed by atoms with Crippen molar-refractivity contribution in [3.05, 3.63) is 59.8 Å². The third-order valence-electron chi connectivity index (χ3n) is 7.67. The number of ketones is 1. The van der Waals surface area contributed by atoms with E-state index in [0.29, 0.717) is 31.7 Å². The summed E-state index contributed by atoms with van der Waals surface area (Å²) in [4.78, 5) is 38.3. The van der Waals surface area contributed by atoms with Crippen LogP contribution >= 0.6 is 0 Å². The number of aromatic nitrogens is 4. The van der Waals surface area contributed by atoms with Gasteiger partial charge in [-0.15, -0.1) is 0 Å². The number of fused-ring (bicyclic) bond motifs is 1. The quantitative estimate of drug-likeness (QED) is 0.373. The van der Waals surface area contributed by atoms with Gasteiger partial charge in [-0.2, -0.15) is 19.6 Å². The fourth-order valence-corrected chi connectivity index (χ4v) is 5.22. The molecule has 218 valence electrons. The number of nitrogens with one attached hydrogen (secondary N) is 1. The first-order valence-corrected chi connectivity index (χ1v) is 14.3. The summed E-state index contributed by atoms with van der Waals surface area (Å²) < 4.78 is 13.6. The van der Waals surface area contributed by atoms with E-state index >= 15 is 0 Å². The van der Waals surface area contributed by atoms with Gasteiger partial charge >= 0.3 is 6.01 Å². The zero-order valence-electron chi connectivity index (χ0n) is 24.1. The van der Waals surface area contributed by atoms with Crippen LogP contribution in [0.15, 0.2) is 43.1 Å².